The fourth-order valence-electron chi connectivity index (χ4n) is 6.74. The summed E-state index contributed by atoms with van der Waals surface area (Å²) < 4.78 is 2.39. The van der Waals surface area contributed by atoms with Crippen LogP contribution in [-0.4, -0.2) is 10.6 Å². The van der Waals surface area contributed by atoms with Gasteiger partial charge in [-0.05, 0) is 60.0 Å². The van der Waals surface area contributed by atoms with Crippen molar-refractivity contribution >= 4 is 27.5 Å². The number of rotatable bonds is 3. The van der Waals surface area contributed by atoms with Crippen LogP contribution in [0.3, 0.4) is 0 Å². The fourth-order valence-corrected chi connectivity index (χ4v) is 6.74. The first kappa shape index (κ1) is 21.5. The van der Waals surface area contributed by atoms with E-state index in [1.54, 1.807) is 0 Å². The third-order valence-corrected chi connectivity index (χ3v) is 8.44. The first-order valence-corrected chi connectivity index (χ1v) is 13.6. The van der Waals surface area contributed by atoms with Crippen LogP contribution < -0.4 is 4.90 Å². The monoisotopic (exact) mass is 488 g/mol. The summed E-state index contributed by atoms with van der Waals surface area (Å²) in [7, 11) is 0. The molecule has 1 aliphatic heterocycles. The zero-order valence-electron chi connectivity index (χ0n) is 21.1. The smallest absolute Gasteiger partial charge is 0.0629 e. The van der Waals surface area contributed by atoms with Gasteiger partial charge in [0.2, 0.25) is 0 Å². The first-order chi connectivity index (χ1) is 18.9. The van der Waals surface area contributed by atoms with E-state index in [0.29, 0.717) is 17.9 Å². The van der Waals surface area contributed by atoms with Crippen LogP contribution in [0.4, 0.5) is 5.69 Å². The number of fused-ring (bicyclic) bond motifs is 6. The molecular weight excluding hydrogens is 460 g/mol. The van der Waals surface area contributed by atoms with Crippen molar-refractivity contribution in [1.29, 1.82) is 0 Å². The molecule has 0 bridgehead atoms. The van der Waals surface area contributed by atoms with Crippen molar-refractivity contribution in [1.82, 2.24) is 4.57 Å². The molecule has 2 aliphatic carbocycles. The van der Waals surface area contributed by atoms with Crippen LogP contribution in [-0.2, 0) is 0 Å². The number of allylic oxidation sites excluding steroid dienone is 5. The molecule has 38 heavy (non-hydrogen) atoms. The van der Waals surface area contributed by atoms with Crippen LogP contribution in [0.2, 0.25) is 0 Å². The van der Waals surface area contributed by atoms with E-state index in [0.717, 1.165) is 6.42 Å². The molecule has 182 valence electrons. The van der Waals surface area contributed by atoms with Gasteiger partial charge in [0.1, 0.15) is 0 Å². The minimum atomic E-state index is 0.338. The van der Waals surface area contributed by atoms with E-state index in [2.05, 4.69) is 149 Å². The Labute approximate surface area is 223 Å². The van der Waals surface area contributed by atoms with E-state index in [9.17, 15) is 0 Å². The highest BCUT2D eigenvalue weighted by molar-refractivity contribution is 6.09. The van der Waals surface area contributed by atoms with Crippen molar-refractivity contribution in [2.45, 2.75) is 18.4 Å². The lowest BCUT2D eigenvalue weighted by atomic mass is 9.83. The maximum absolute atomic E-state index is 2.55. The molecule has 3 unspecified atom stereocenters. The molecule has 2 heteroatoms. The van der Waals surface area contributed by atoms with Gasteiger partial charge in [-0.25, -0.2) is 0 Å². The molecule has 0 spiro atoms. The van der Waals surface area contributed by atoms with Crippen LogP contribution >= 0.6 is 0 Å². The molecule has 3 aliphatic rings. The second-order valence-electron chi connectivity index (χ2n) is 10.5. The normalized spacial score (nSPS) is 21.9. The Kier molecular flexibility index (Phi) is 4.81. The minimum Gasteiger partial charge on any atom is -0.334 e. The van der Waals surface area contributed by atoms with Crippen molar-refractivity contribution in [2.75, 3.05) is 4.90 Å². The van der Waals surface area contributed by atoms with Crippen molar-refractivity contribution in [3.05, 3.63) is 156 Å². The van der Waals surface area contributed by atoms with Gasteiger partial charge in [0.05, 0.1) is 17.1 Å². The van der Waals surface area contributed by atoms with E-state index in [4.69, 9.17) is 0 Å². The molecule has 1 fully saturated rings. The standard InChI is InChI=1S/C36H28N2/c1-3-11-27(12-4-1)37-33-17-9-7-15-29(33)31-23-25(19-21-35(31)37)26-20-22-36-32(24-26)30-16-8-10-18-34(30)38(36)28-13-5-2-6-14-28/h1-19,21-24,26,30,34H,20H2. The van der Waals surface area contributed by atoms with Gasteiger partial charge in [-0.15, -0.1) is 0 Å². The second kappa shape index (κ2) is 8.49. The zero-order chi connectivity index (χ0) is 25.1. The summed E-state index contributed by atoms with van der Waals surface area (Å²) in [6, 6.07) is 37.8. The van der Waals surface area contributed by atoms with Crippen molar-refractivity contribution < 1.29 is 0 Å². The van der Waals surface area contributed by atoms with Crippen LogP contribution in [0.1, 0.15) is 17.9 Å². The number of hydrogen-bond donors (Lipinski definition) is 0. The highest BCUT2D eigenvalue weighted by Gasteiger charge is 2.41. The van der Waals surface area contributed by atoms with Crippen LogP contribution in [0, 0.1) is 5.92 Å². The summed E-state index contributed by atoms with van der Waals surface area (Å²) in [4.78, 5) is 2.53. The maximum Gasteiger partial charge on any atom is 0.0629 e. The van der Waals surface area contributed by atoms with Crippen LogP contribution in [0.15, 0.2) is 151 Å². The lowest BCUT2D eigenvalue weighted by molar-refractivity contribution is 0.699. The summed E-state index contributed by atoms with van der Waals surface area (Å²) in [6.45, 7) is 0. The van der Waals surface area contributed by atoms with Gasteiger partial charge in [0.15, 0.2) is 0 Å². The molecule has 4 aromatic carbocycles. The van der Waals surface area contributed by atoms with Gasteiger partial charge >= 0.3 is 0 Å². The Morgan fingerprint density at radius 1 is 0.632 bits per heavy atom. The zero-order valence-corrected chi connectivity index (χ0v) is 21.1. The number of anilines is 1. The molecule has 2 heterocycles. The van der Waals surface area contributed by atoms with E-state index in [-0.39, 0.29) is 0 Å². The van der Waals surface area contributed by atoms with Crippen molar-refractivity contribution in [3.8, 4) is 5.69 Å². The Morgan fingerprint density at radius 2 is 1.34 bits per heavy atom. The highest BCUT2D eigenvalue weighted by Crippen LogP contribution is 2.48. The predicted molar refractivity (Wildman–Crippen MR) is 159 cm³/mol. The Morgan fingerprint density at radius 3 is 2.18 bits per heavy atom. The largest absolute Gasteiger partial charge is 0.334 e. The van der Waals surface area contributed by atoms with Gasteiger partial charge in [-0.3, -0.25) is 0 Å². The number of para-hydroxylation sites is 3. The molecule has 0 radical (unpaired) electrons. The topological polar surface area (TPSA) is 8.17 Å². The molecule has 0 saturated carbocycles. The summed E-state index contributed by atoms with van der Waals surface area (Å²) >= 11 is 0. The number of hydrogen-bond acceptors (Lipinski definition) is 1. The second-order valence-corrected chi connectivity index (χ2v) is 10.5. The molecular formula is C36H28N2. The number of aromatic nitrogens is 1. The third kappa shape index (κ3) is 3.20. The average Bonchev–Trinajstić information content (AvgIpc) is 3.50. The van der Waals surface area contributed by atoms with E-state index < -0.39 is 0 Å². The average molecular weight is 489 g/mol. The molecule has 0 N–H and O–H groups in total. The number of nitrogens with zero attached hydrogens (tertiary/aromatic N) is 2. The van der Waals surface area contributed by atoms with Gasteiger partial charge < -0.3 is 9.47 Å². The van der Waals surface area contributed by atoms with E-state index in [1.165, 1.54) is 50.0 Å². The summed E-state index contributed by atoms with van der Waals surface area (Å²) in [5, 5.41) is 2.63. The Balaban J connectivity index is 1.24. The molecule has 1 saturated heterocycles. The molecule has 5 aromatic rings. The lowest BCUT2D eigenvalue weighted by Gasteiger charge is -2.28. The molecule has 2 nitrogen and oxygen atoms in total. The SMILES string of the molecule is C1=CC2C3=CC(c4ccc5c(c4)c4ccccc4n5-c4ccccc4)CC=C3N(c3ccccc3)C2C=C1. The molecule has 3 atom stereocenters. The fraction of sp³-hybridized carbons (Fsp3) is 0.111. The molecule has 8 rings (SSSR count). The Hall–Kier alpha value is -4.56. The summed E-state index contributed by atoms with van der Waals surface area (Å²) in [6.07, 6.45) is 15.2. The number of benzene rings is 4. The molecule has 0 amide bonds. The van der Waals surface area contributed by atoms with Crippen LogP contribution in [0.5, 0.6) is 0 Å². The van der Waals surface area contributed by atoms with Crippen molar-refractivity contribution in [2.24, 2.45) is 5.92 Å². The van der Waals surface area contributed by atoms with Crippen LogP contribution in [0.25, 0.3) is 27.5 Å². The van der Waals surface area contributed by atoms with Gasteiger partial charge in [-0.1, -0.05) is 97.1 Å². The predicted octanol–water partition coefficient (Wildman–Crippen LogP) is 8.71. The lowest BCUT2D eigenvalue weighted by Crippen LogP contribution is -2.30. The summed E-state index contributed by atoms with van der Waals surface area (Å²) in [5.41, 5.74) is 9.22. The van der Waals surface area contributed by atoms with Crippen molar-refractivity contribution in [3.63, 3.8) is 0 Å². The van der Waals surface area contributed by atoms with Gasteiger partial charge in [0, 0.05) is 39.7 Å². The maximum atomic E-state index is 2.55. The van der Waals surface area contributed by atoms with E-state index in [1.807, 2.05) is 0 Å². The van der Waals surface area contributed by atoms with Gasteiger partial charge in [-0.2, -0.15) is 0 Å². The first-order valence-electron chi connectivity index (χ1n) is 13.6. The third-order valence-electron chi connectivity index (χ3n) is 8.44. The van der Waals surface area contributed by atoms with E-state index >= 15 is 0 Å². The molecule has 1 aromatic heterocycles. The summed E-state index contributed by atoms with van der Waals surface area (Å²) in [5.74, 6) is 0.755. The Bertz CT molecular complexity index is 1800. The quantitative estimate of drug-likeness (QED) is 0.246. The van der Waals surface area contributed by atoms with Gasteiger partial charge in [0.25, 0.3) is 0 Å². The highest BCUT2D eigenvalue weighted by atomic mass is 15.2. The minimum absolute atomic E-state index is 0.338.